The molecule has 1 aliphatic rings. The Bertz CT molecular complexity index is 1020. The van der Waals surface area contributed by atoms with E-state index in [1.807, 2.05) is 24.3 Å². The van der Waals surface area contributed by atoms with Gasteiger partial charge in [-0.25, -0.2) is 4.79 Å². The Labute approximate surface area is 281 Å². The number of nitrogens with one attached hydrogen (secondary N) is 1. The fourth-order valence-electron chi connectivity index (χ4n) is 4.71. The van der Waals surface area contributed by atoms with Crippen molar-refractivity contribution in [3.63, 3.8) is 0 Å². The maximum atomic E-state index is 12.2. The van der Waals surface area contributed by atoms with Crippen LogP contribution >= 0.6 is 15.9 Å². The third-order valence-corrected chi connectivity index (χ3v) is 7.23. The van der Waals surface area contributed by atoms with E-state index >= 15 is 0 Å². The molecule has 3 rings (SSSR count). The van der Waals surface area contributed by atoms with Gasteiger partial charge >= 0.3 is 6.09 Å². The minimum atomic E-state index is -0.411. The van der Waals surface area contributed by atoms with Crippen molar-refractivity contribution in [3.05, 3.63) is 59.7 Å². The normalized spacial score (nSPS) is 12.3. The standard InChI is InChI=1S/C34H50BrNO10/c35-10-13-39-15-17-41-19-21-43-23-25-45-27-26-44-24-22-42-20-18-40-16-14-38-12-5-11-36-34(37)46-28-33-31-8-3-1-6-29(31)30-7-2-4-9-32(30)33/h1-4,6-9,33H,5,10-28H2,(H,36,37). The Balaban J connectivity index is 1.00. The van der Waals surface area contributed by atoms with Gasteiger partial charge in [0.25, 0.3) is 0 Å². The summed E-state index contributed by atoms with van der Waals surface area (Å²) in [5, 5.41) is 3.64. The molecule has 1 aliphatic carbocycles. The average molecular weight is 713 g/mol. The number of ether oxygens (including phenoxy) is 9. The van der Waals surface area contributed by atoms with Crippen LogP contribution in [0.4, 0.5) is 4.79 Å². The lowest BCUT2D eigenvalue weighted by molar-refractivity contribution is -0.0228. The van der Waals surface area contributed by atoms with Gasteiger partial charge in [0.05, 0.1) is 99.1 Å². The first kappa shape index (κ1) is 38.3. The second-order valence-corrected chi connectivity index (χ2v) is 11.0. The summed E-state index contributed by atoms with van der Waals surface area (Å²) in [5.41, 5.74) is 4.82. The Morgan fingerprint density at radius 3 is 1.33 bits per heavy atom. The van der Waals surface area contributed by atoms with Crippen LogP contribution in [0.1, 0.15) is 23.5 Å². The van der Waals surface area contributed by atoms with Crippen LogP contribution in [0.5, 0.6) is 0 Å². The Hall–Kier alpha value is -2.13. The lowest BCUT2D eigenvalue weighted by Gasteiger charge is -2.14. The van der Waals surface area contributed by atoms with E-state index < -0.39 is 6.09 Å². The van der Waals surface area contributed by atoms with E-state index in [-0.39, 0.29) is 5.92 Å². The molecule has 12 heteroatoms. The minimum absolute atomic E-state index is 0.0549. The van der Waals surface area contributed by atoms with E-state index in [1.54, 1.807) is 0 Å². The van der Waals surface area contributed by atoms with Crippen molar-refractivity contribution in [1.82, 2.24) is 5.32 Å². The molecule has 0 fully saturated rings. The molecule has 0 saturated heterocycles. The van der Waals surface area contributed by atoms with Gasteiger partial charge in [-0.1, -0.05) is 64.5 Å². The van der Waals surface area contributed by atoms with Crippen molar-refractivity contribution in [2.24, 2.45) is 0 Å². The number of amides is 1. The maximum absolute atomic E-state index is 12.2. The van der Waals surface area contributed by atoms with Crippen molar-refractivity contribution < 1.29 is 47.4 Å². The van der Waals surface area contributed by atoms with Gasteiger partial charge < -0.3 is 47.9 Å². The molecule has 0 bridgehead atoms. The van der Waals surface area contributed by atoms with Crippen molar-refractivity contribution >= 4 is 22.0 Å². The number of carbonyl (C=O) groups excluding carboxylic acids is 1. The van der Waals surface area contributed by atoms with Crippen LogP contribution in [0.15, 0.2) is 48.5 Å². The number of hydrogen-bond donors (Lipinski definition) is 1. The zero-order valence-electron chi connectivity index (χ0n) is 26.8. The number of fused-ring (bicyclic) bond motifs is 3. The molecule has 258 valence electrons. The largest absolute Gasteiger partial charge is 0.449 e. The lowest BCUT2D eigenvalue weighted by Crippen LogP contribution is -2.27. The van der Waals surface area contributed by atoms with Crippen LogP contribution in [0.3, 0.4) is 0 Å². The van der Waals surface area contributed by atoms with E-state index in [0.717, 1.165) is 5.33 Å². The molecule has 0 unspecified atom stereocenters. The molecule has 11 nitrogen and oxygen atoms in total. The fourth-order valence-corrected chi connectivity index (χ4v) is 4.94. The molecular weight excluding hydrogens is 662 g/mol. The van der Waals surface area contributed by atoms with Crippen molar-refractivity contribution in [2.45, 2.75) is 12.3 Å². The smallest absolute Gasteiger partial charge is 0.407 e. The van der Waals surface area contributed by atoms with E-state index in [1.165, 1.54) is 22.3 Å². The van der Waals surface area contributed by atoms with Crippen LogP contribution in [0, 0.1) is 0 Å². The summed E-state index contributed by atoms with van der Waals surface area (Å²) < 4.78 is 49.2. The average Bonchev–Trinajstić information content (AvgIpc) is 3.40. The summed E-state index contributed by atoms with van der Waals surface area (Å²) >= 11 is 3.30. The molecule has 0 atom stereocenters. The number of hydrogen-bond acceptors (Lipinski definition) is 10. The maximum Gasteiger partial charge on any atom is 0.407 e. The monoisotopic (exact) mass is 711 g/mol. The second kappa shape index (κ2) is 25.9. The topological polar surface area (TPSA) is 112 Å². The Morgan fingerprint density at radius 2 is 0.913 bits per heavy atom. The van der Waals surface area contributed by atoms with Gasteiger partial charge in [0.2, 0.25) is 0 Å². The first-order chi connectivity index (χ1) is 22.8. The van der Waals surface area contributed by atoms with Gasteiger partial charge in [-0.05, 0) is 28.7 Å². The molecule has 0 heterocycles. The first-order valence-corrected chi connectivity index (χ1v) is 17.2. The van der Waals surface area contributed by atoms with E-state index in [4.69, 9.17) is 42.6 Å². The number of benzene rings is 2. The summed E-state index contributed by atoms with van der Waals surface area (Å²) in [6.45, 7) is 9.31. The predicted octanol–water partition coefficient (Wildman–Crippen LogP) is 4.44. The third kappa shape index (κ3) is 16.1. The van der Waals surface area contributed by atoms with Gasteiger partial charge in [-0.2, -0.15) is 0 Å². The molecule has 1 N–H and O–H groups in total. The zero-order valence-corrected chi connectivity index (χ0v) is 28.4. The molecule has 0 radical (unpaired) electrons. The zero-order chi connectivity index (χ0) is 32.3. The lowest BCUT2D eigenvalue weighted by atomic mass is 9.98. The summed E-state index contributed by atoms with van der Waals surface area (Å²) in [7, 11) is 0. The molecule has 0 saturated carbocycles. The fraction of sp³-hybridized carbons (Fsp3) is 0.618. The Morgan fingerprint density at radius 1 is 0.543 bits per heavy atom. The van der Waals surface area contributed by atoms with Gasteiger partial charge in [0.1, 0.15) is 6.61 Å². The molecule has 2 aromatic rings. The number of rotatable bonds is 29. The SMILES string of the molecule is O=C(NCCCOCCOCCOCCOCCOCCOCCOCCOCCBr)OCC1c2ccccc2-c2ccccc21. The predicted molar refractivity (Wildman–Crippen MR) is 178 cm³/mol. The second-order valence-electron chi connectivity index (χ2n) is 10.2. The number of alkyl carbamates (subject to hydrolysis) is 1. The van der Waals surface area contributed by atoms with Crippen molar-refractivity contribution in [3.8, 4) is 11.1 Å². The third-order valence-electron chi connectivity index (χ3n) is 6.90. The molecule has 0 aromatic heterocycles. The van der Waals surface area contributed by atoms with Crippen molar-refractivity contribution in [1.29, 1.82) is 0 Å². The quantitative estimate of drug-likeness (QED) is 0.0961. The number of halogens is 1. The highest BCUT2D eigenvalue weighted by Gasteiger charge is 2.28. The molecule has 2 aromatic carbocycles. The van der Waals surface area contributed by atoms with Gasteiger partial charge in [0, 0.05) is 24.4 Å². The molecule has 0 spiro atoms. The molecule has 46 heavy (non-hydrogen) atoms. The minimum Gasteiger partial charge on any atom is -0.449 e. The van der Waals surface area contributed by atoms with E-state index in [2.05, 4.69) is 45.5 Å². The van der Waals surface area contributed by atoms with Crippen LogP contribution in [0.2, 0.25) is 0 Å². The summed E-state index contributed by atoms with van der Waals surface area (Å²) in [5.74, 6) is 0.0549. The Kier molecular flexibility index (Phi) is 21.6. The van der Waals surface area contributed by atoms with Gasteiger partial charge in [0.15, 0.2) is 0 Å². The van der Waals surface area contributed by atoms with E-state index in [9.17, 15) is 4.79 Å². The molecular formula is C34H50BrNO10. The van der Waals surface area contributed by atoms with E-state index in [0.29, 0.717) is 125 Å². The molecule has 1 amide bonds. The highest BCUT2D eigenvalue weighted by Crippen LogP contribution is 2.44. The summed E-state index contributed by atoms with van der Waals surface area (Å²) in [6, 6.07) is 16.6. The summed E-state index contributed by atoms with van der Waals surface area (Å²) in [4.78, 5) is 12.2. The van der Waals surface area contributed by atoms with Crippen LogP contribution in [-0.2, 0) is 42.6 Å². The van der Waals surface area contributed by atoms with Crippen molar-refractivity contribution in [2.75, 3.05) is 124 Å². The highest BCUT2D eigenvalue weighted by molar-refractivity contribution is 9.09. The van der Waals surface area contributed by atoms with Gasteiger partial charge in [-0.15, -0.1) is 0 Å². The highest BCUT2D eigenvalue weighted by atomic mass is 79.9. The van der Waals surface area contributed by atoms with Crippen LogP contribution in [-0.4, -0.2) is 130 Å². The number of alkyl halides is 1. The van der Waals surface area contributed by atoms with Crippen LogP contribution in [0.25, 0.3) is 11.1 Å². The van der Waals surface area contributed by atoms with Crippen LogP contribution < -0.4 is 5.32 Å². The first-order valence-electron chi connectivity index (χ1n) is 16.1. The summed E-state index contributed by atoms with van der Waals surface area (Å²) in [6.07, 6.45) is 0.280. The molecule has 0 aliphatic heterocycles. The number of carbonyl (C=O) groups is 1. The van der Waals surface area contributed by atoms with Gasteiger partial charge in [-0.3, -0.25) is 0 Å².